The molecule has 1 aromatic carbocycles. The molecule has 3 rings (SSSR count). The molecule has 2 heterocycles. The molecular formula is C18H16BrN3O5S2. The third kappa shape index (κ3) is 4.80. The van der Waals surface area contributed by atoms with Crippen LogP contribution < -0.4 is 14.8 Å². The number of amides is 2. The lowest BCUT2D eigenvalue weighted by molar-refractivity contribution is -0.129. The Labute approximate surface area is 183 Å². The van der Waals surface area contributed by atoms with Gasteiger partial charge in [0, 0.05) is 13.8 Å². The fourth-order valence-corrected chi connectivity index (χ4v) is 4.75. The smallest absolute Gasteiger partial charge is 0.353 e. The molecule has 1 aromatic heterocycles. The summed E-state index contributed by atoms with van der Waals surface area (Å²) in [6, 6.07) is 6.82. The van der Waals surface area contributed by atoms with E-state index in [9.17, 15) is 14.4 Å². The summed E-state index contributed by atoms with van der Waals surface area (Å²) in [4.78, 5) is 36.1. The van der Waals surface area contributed by atoms with Crippen molar-refractivity contribution >= 4 is 62.0 Å². The van der Waals surface area contributed by atoms with Crippen molar-refractivity contribution in [3.8, 4) is 11.5 Å². The molecule has 0 unspecified atom stereocenters. The van der Waals surface area contributed by atoms with Crippen molar-refractivity contribution in [3.63, 3.8) is 0 Å². The number of hydrazone groups is 1. The number of carbonyl (C=O) groups is 3. The van der Waals surface area contributed by atoms with Crippen LogP contribution in [-0.4, -0.2) is 35.1 Å². The molecule has 0 radical (unpaired) electrons. The monoisotopic (exact) mass is 497 g/mol. The normalized spacial score (nSPS) is 15.7. The maximum Gasteiger partial charge on any atom is 0.353 e. The van der Waals surface area contributed by atoms with Crippen molar-refractivity contribution < 1.29 is 23.9 Å². The fourth-order valence-electron chi connectivity index (χ4n) is 2.50. The van der Waals surface area contributed by atoms with Crippen LogP contribution in [-0.2, 0) is 9.59 Å². The second-order valence-corrected chi connectivity index (χ2v) is 8.69. The molecule has 0 fully saturated rings. The van der Waals surface area contributed by atoms with E-state index in [1.807, 2.05) is 0 Å². The molecule has 0 saturated heterocycles. The molecule has 8 nitrogen and oxygen atoms in total. The largest absolute Gasteiger partial charge is 0.493 e. The Kier molecular flexibility index (Phi) is 6.60. The fraction of sp³-hybridized carbons (Fsp3) is 0.222. The van der Waals surface area contributed by atoms with Gasteiger partial charge in [-0.3, -0.25) is 9.59 Å². The van der Waals surface area contributed by atoms with E-state index >= 15 is 0 Å². The first-order valence-electron chi connectivity index (χ1n) is 8.26. The highest BCUT2D eigenvalue weighted by atomic mass is 79.9. The number of methoxy groups -OCH3 is 1. The Morgan fingerprint density at radius 2 is 2.03 bits per heavy atom. The predicted octanol–water partition coefficient (Wildman–Crippen LogP) is 3.74. The van der Waals surface area contributed by atoms with Crippen LogP contribution in [0.5, 0.6) is 11.5 Å². The van der Waals surface area contributed by atoms with Crippen molar-refractivity contribution in [1.82, 2.24) is 10.3 Å². The molecule has 152 valence electrons. The number of benzene rings is 1. The van der Waals surface area contributed by atoms with Crippen LogP contribution in [0.2, 0.25) is 0 Å². The summed E-state index contributed by atoms with van der Waals surface area (Å²) in [6.07, 6.45) is 0. The van der Waals surface area contributed by atoms with Crippen LogP contribution >= 0.6 is 39.0 Å². The van der Waals surface area contributed by atoms with E-state index in [-0.39, 0.29) is 17.6 Å². The van der Waals surface area contributed by atoms with E-state index in [0.29, 0.717) is 25.8 Å². The number of hydrogen-bond acceptors (Lipinski definition) is 8. The number of esters is 1. The third-order valence-electron chi connectivity index (χ3n) is 3.70. The second-order valence-electron chi connectivity index (χ2n) is 5.82. The SMILES string of the molecule is COc1cc([C@@H]2SC(NC(C)=O)=NN2C(C)=O)cc(Br)c1OC(=O)c1cccs1. The first kappa shape index (κ1) is 21.3. The van der Waals surface area contributed by atoms with Gasteiger partial charge in [-0.1, -0.05) is 17.8 Å². The number of amidine groups is 1. The van der Waals surface area contributed by atoms with E-state index in [2.05, 4.69) is 26.3 Å². The molecule has 11 heteroatoms. The molecule has 0 bridgehead atoms. The van der Waals surface area contributed by atoms with Crippen LogP contribution in [0.1, 0.15) is 34.5 Å². The zero-order valence-electron chi connectivity index (χ0n) is 15.6. The van der Waals surface area contributed by atoms with Gasteiger partial charge in [-0.15, -0.1) is 16.4 Å². The Morgan fingerprint density at radius 1 is 1.28 bits per heavy atom. The van der Waals surface area contributed by atoms with Gasteiger partial charge >= 0.3 is 5.97 Å². The van der Waals surface area contributed by atoms with Crippen molar-refractivity contribution in [3.05, 3.63) is 44.6 Å². The first-order chi connectivity index (χ1) is 13.8. The molecule has 0 aliphatic carbocycles. The molecule has 0 spiro atoms. The summed E-state index contributed by atoms with van der Waals surface area (Å²) < 4.78 is 11.4. The number of thioether (sulfide) groups is 1. The van der Waals surface area contributed by atoms with Crippen molar-refractivity contribution in [2.45, 2.75) is 19.2 Å². The number of carbonyl (C=O) groups excluding carboxylic acids is 3. The average molecular weight is 498 g/mol. The minimum absolute atomic E-state index is 0.232. The van der Waals surface area contributed by atoms with E-state index in [0.717, 1.165) is 0 Å². The van der Waals surface area contributed by atoms with Crippen LogP contribution in [0.3, 0.4) is 0 Å². The number of ether oxygens (including phenoxy) is 2. The van der Waals surface area contributed by atoms with Gasteiger partial charge in [0.05, 0.1) is 11.6 Å². The van der Waals surface area contributed by atoms with Gasteiger partial charge in [0.25, 0.3) is 0 Å². The predicted molar refractivity (Wildman–Crippen MR) is 114 cm³/mol. The van der Waals surface area contributed by atoms with Gasteiger partial charge in [0.1, 0.15) is 10.3 Å². The molecule has 0 saturated carbocycles. The topological polar surface area (TPSA) is 97.3 Å². The first-order valence-corrected chi connectivity index (χ1v) is 10.8. The van der Waals surface area contributed by atoms with Crippen molar-refractivity contribution in [2.24, 2.45) is 5.10 Å². The van der Waals surface area contributed by atoms with Crippen LogP contribution in [0, 0.1) is 0 Å². The molecule has 1 aliphatic rings. The maximum atomic E-state index is 12.3. The Balaban J connectivity index is 1.91. The van der Waals surface area contributed by atoms with Crippen molar-refractivity contribution in [1.29, 1.82) is 0 Å². The molecule has 2 aromatic rings. The Morgan fingerprint density at radius 3 is 2.62 bits per heavy atom. The lowest BCUT2D eigenvalue weighted by Crippen LogP contribution is -2.25. The minimum Gasteiger partial charge on any atom is -0.493 e. The number of thiophene rings is 1. The molecular weight excluding hydrogens is 482 g/mol. The number of nitrogens with zero attached hydrogens (tertiary/aromatic N) is 2. The number of hydrogen-bond donors (Lipinski definition) is 1. The van der Waals surface area contributed by atoms with Crippen molar-refractivity contribution in [2.75, 3.05) is 7.11 Å². The van der Waals surface area contributed by atoms with E-state index in [4.69, 9.17) is 9.47 Å². The average Bonchev–Trinajstić information content (AvgIpc) is 3.32. The van der Waals surface area contributed by atoms with Gasteiger partial charge in [0.15, 0.2) is 16.7 Å². The lowest BCUT2D eigenvalue weighted by Gasteiger charge is -2.21. The van der Waals surface area contributed by atoms with E-state index < -0.39 is 11.3 Å². The Bertz CT molecular complexity index is 994. The van der Waals surface area contributed by atoms with Crippen LogP contribution in [0.4, 0.5) is 0 Å². The highest BCUT2D eigenvalue weighted by molar-refractivity contribution is 9.10. The van der Waals surface area contributed by atoms with E-state index in [1.165, 1.54) is 49.1 Å². The number of halogens is 1. The summed E-state index contributed by atoms with van der Waals surface area (Å²) >= 11 is 5.91. The molecule has 1 atom stereocenters. The van der Waals surface area contributed by atoms with Gasteiger partial charge < -0.3 is 14.8 Å². The zero-order chi connectivity index (χ0) is 21.1. The number of rotatable bonds is 4. The third-order valence-corrected chi connectivity index (χ3v) is 6.24. The lowest BCUT2D eigenvalue weighted by atomic mass is 10.2. The second kappa shape index (κ2) is 8.97. The quantitative estimate of drug-likeness (QED) is 0.510. The molecule has 1 N–H and O–H groups in total. The van der Waals surface area contributed by atoms with Gasteiger partial charge in [-0.25, -0.2) is 9.80 Å². The minimum atomic E-state index is -0.512. The maximum absolute atomic E-state index is 12.3. The highest BCUT2D eigenvalue weighted by Gasteiger charge is 2.33. The highest BCUT2D eigenvalue weighted by Crippen LogP contribution is 2.45. The van der Waals surface area contributed by atoms with Gasteiger partial charge in [0.2, 0.25) is 11.8 Å². The van der Waals surface area contributed by atoms with Gasteiger partial charge in [-0.05, 0) is 45.1 Å². The zero-order valence-corrected chi connectivity index (χ0v) is 18.8. The van der Waals surface area contributed by atoms with Gasteiger partial charge in [-0.2, -0.15) is 0 Å². The molecule has 2 amide bonds. The summed E-state index contributed by atoms with van der Waals surface area (Å²) in [7, 11) is 1.46. The standard InChI is InChI=1S/C18H16BrN3O5S2/c1-9(23)20-18-21-22(10(2)24)16(29-18)11-7-12(19)15(13(8-11)26-3)27-17(25)14-5-4-6-28-14/h4-8,16H,1-3H3,(H,20,21,23)/t16-/m0/s1. The summed E-state index contributed by atoms with van der Waals surface area (Å²) in [5, 5.41) is 9.62. The number of nitrogens with one attached hydrogen (secondary N) is 1. The summed E-state index contributed by atoms with van der Waals surface area (Å²) in [6.45, 7) is 2.75. The molecule has 29 heavy (non-hydrogen) atoms. The molecule has 1 aliphatic heterocycles. The van der Waals surface area contributed by atoms with Crippen LogP contribution in [0.25, 0.3) is 0 Å². The Hall–Kier alpha value is -2.37. The summed E-state index contributed by atoms with van der Waals surface area (Å²) in [5.74, 6) is -0.517. The van der Waals surface area contributed by atoms with E-state index in [1.54, 1.807) is 29.6 Å². The summed E-state index contributed by atoms with van der Waals surface area (Å²) in [5.41, 5.74) is 0.675. The van der Waals surface area contributed by atoms with Crippen LogP contribution in [0.15, 0.2) is 39.2 Å².